The van der Waals surface area contributed by atoms with Crippen molar-refractivity contribution in [3.05, 3.63) is 48.0 Å². The van der Waals surface area contributed by atoms with E-state index in [4.69, 9.17) is 5.73 Å². The van der Waals surface area contributed by atoms with Crippen LogP contribution in [0, 0.1) is 11.6 Å². The zero-order valence-electron chi connectivity index (χ0n) is 11.6. The number of nitrogen functional groups attached to an aromatic ring is 1. The van der Waals surface area contributed by atoms with Gasteiger partial charge in [-0.05, 0) is 42.8 Å². The molecule has 2 aromatic carbocycles. The van der Waals surface area contributed by atoms with Crippen molar-refractivity contribution in [1.82, 2.24) is 9.55 Å². The van der Waals surface area contributed by atoms with Crippen LogP contribution in [0.4, 0.5) is 14.5 Å². The second kappa shape index (κ2) is 5.16. The molecule has 1 heterocycles. The highest BCUT2D eigenvalue weighted by molar-refractivity contribution is 5.81. The Hall–Kier alpha value is -2.43. The normalized spacial score (nSPS) is 11.2. The molecule has 0 spiro atoms. The summed E-state index contributed by atoms with van der Waals surface area (Å²) >= 11 is 0. The molecule has 0 saturated carbocycles. The number of rotatable bonds is 3. The van der Waals surface area contributed by atoms with Crippen molar-refractivity contribution < 1.29 is 8.78 Å². The van der Waals surface area contributed by atoms with Crippen LogP contribution in [0.5, 0.6) is 0 Å². The average Bonchev–Trinajstić information content (AvgIpc) is 2.78. The van der Waals surface area contributed by atoms with Crippen LogP contribution in [-0.4, -0.2) is 9.55 Å². The first-order chi connectivity index (χ1) is 10.1. The lowest BCUT2D eigenvalue weighted by atomic mass is 10.2. The smallest absolute Gasteiger partial charge is 0.144 e. The zero-order chi connectivity index (χ0) is 15.0. The highest BCUT2D eigenvalue weighted by Gasteiger charge is 2.16. The van der Waals surface area contributed by atoms with Crippen molar-refractivity contribution in [2.45, 2.75) is 19.9 Å². The maximum absolute atomic E-state index is 14.2. The quantitative estimate of drug-likeness (QED) is 0.741. The molecule has 3 rings (SSSR count). The molecule has 0 amide bonds. The number of nitrogens with zero attached hydrogens (tertiary/aromatic N) is 2. The topological polar surface area (TPSA) is 43.8 Å². The number of nitrogens with two attached hydrogens (primary N) is 1. The maximum atomic E-state index is 14.2. The first kappa shape index (κ1) is 13.5. The number of aromatic nitrogens is 2. The lowest BCUT2D eigenvalue weighted by molar-refractivity contribution is 0.623. The van der Waals surface area contributed by atoms with Crippen LogP contribution in [0.3, 0.4) is 0 Å². The summed E-state index contributed by atoms with van der Waals surface area (Å²) in [5.41, 5.74) is 7.63. The van der Waals surface area contributed by atoms with E-state index in [1.54, 1.807) is 18.2 Å². The molecule has 0 radical (unpaired) electrons. The summed E-state index contributed by atoms with van der Waals surface area (Å²) in [6.07, 6.45) is 0.839. The van der Waals surface area contributed by atoms with Crippen molar-refractivity contribution >= 4 is 16.7 Å². The first-order valence-electron chi connectivity index (χ1n) is 6.81. The van der Waals surface area contributed by atoms with Gasteiger partial charge < -0.3 is 10.3 Å². The van der Waals surface area contributed by atoms with E-state index >= 15 is 0 Å². The largest absolute Gasteiger partial charge is 0.399 e. The highest BCUT2D eigenvalue weighted by Crippen LogP contribution is 2.28. The van der Waals surface area contributed by atoms with E-state index in [-0.39, 0.29) is 5.82 Å². The van der Waals surface area contributed by atoms with Gasteiger partial charge in [-0.3, -0.25) is 0 Å². The van der Waals surface area contributed by atoms with Crippen molar-refractivity contribution in [3.8, 4) is 11.4 Å². The van der Waals surface area contributed by atoms with Gasteiger partial charge in [0.05, 0.1) is 16.6 Å². The van der Waals surface area contributed by atoms with Crippen molar-refractivity contribution in [1.29, 1.82) is 0 Å². The van der Waals surface area contributed by atoms with Gasteiger partial charge >= 0.3 is 0 Å². The van der Waals surface area contributed by atoms with E-state index in [2.05, 4.69) is 4.98 Å². The Morgan fingerprint density at radius 2 is 1.95 bits per heavy atom. The molecule has 1 aromatic heterocycles. The standard InChI is InChI=1S/C16H15F2N3/c1-2-7-21-15-8-10(17)3-6-14(15)20-16(21)12-5-4-11(19)9-13(12)18/h3-6,8-9H,2,7,19H2,1H3. The Morgan fingerprint density at radius 1 is 1.14 bits per heavy atom. The van der Waals surface area contributed by atoms with Gasteiger partial charge in [-0.25, -0.2) is 13.8 Å². The van der Waals surface area contributed by atoms with Crippen LogP contribution in [0.1, 0.15) is 13.3 Å². The number of anilines is 1. The molecule has 2 N–H and O–H groups in total. The van der Waals surface area contributed by atoms with E-state index in [1.165, 1.54) is 18.2 Å². The molecular weight excluding hydrogens is 272 g/mol. The van der Waals surface area contributed by atoms with Crippen LogP contribution in [0.25, 0.3) is 22.4 Å². The number of imidazole rings is 1. The molecule has 0 saturated heterocycles. The second-order valence-corrected chi connectivity index (χ2v) is 4.96. The van der Waals surface area contributed by atoms with Gasteiger partial charge in [0, 0.05) is 12.2 Å². The number of aryl methyl sites for hydroxylation is 1. The predicted octanol–water partition coefficient (Wildman–Crippen LogP) is 3.97. The Labute approximate surface area is 121 Å². The SMILES string of the molecule is CCCn1c(-c2ccc(N)cc2F)nc2ccc(F)cc21. The molecule has 3 aromatic rings. The third kappa shape index (κ3) is 2.35. The fourth-order valence-corrected chi connectivity index (χ4v) is 2.46. The molecule has 108 valence electrons. The van der Waals surface area contributed by atoms with E-state index in [1.807, 2.05) is 11.5 Å². The van der Waals surface area contributed by atoms with Crippen molar-refractivity contribution in [2.24, 2.45) is 0 Å². The molecule has 3 nitrogen and oxygen atoms in total. The first-order valence-corrected chi connectivity index (χ1v) is 6.81. The summed E-state index contributed by atoms with van der Waals surface area (Å²) in [5.74, 6) is -0.262. The molecule has 0 aliphatic carbocycles. The van der Waals surface area contributed by atoms with E-state index in [9.17, 15) is 8.78 Å². The second-order valence-electron chi connectivity index (χ2n) is 4.96. The van der Waals surface area contributed by atoms with E-state index in [0.717, 1.165) is 6.42 Å². The van der Waals surface area contributed by atoms with Gasteiger partial charge in [0.1, 0.15) is 17.5 Å². The minimum Gasteiger partial charge on any atom is -0.399 e. The van der Waals surface area contributed by atoms with Gasteiger partial charge in [0.2, 0.25) is 0 Å². The minimum atomic E-state index is -0.428. The Bertz CT molecular complexity index is 809. The molecule has 0 unspecified atom stereocenters. The number of fused-ring (bicyclic) bond motifs is 1. The van der Waals surface area contributed by atoms with Gasteiger partial charge in [-0.2, -0.15) is 0 Å². The molecule has 0 fully saturated rings. The third-order valence-corrected chi connectivity index (χ3v) is 3.39. The highest BCUT2D eigenvalue weighted by atomic mass is 19.1. The summed E-state index contributed by atoms with van der Waals surface area (Å²) in [6, 6.07) is 8.90. The van der Waals surface area contributed by atoms with Crippen molar-refractivity contribution in [3.63, 3.8) is 0 Å². The lowest BCUT2D eigenvalue weighted by Gasteiger charge is -2.09. The number of benzene rings is 2. The molecule has 5 heteroatoms. The third-order valence-electron chi connectivity index (χ3n) is 3.39. The van der Waals surface area contributed by atoms with E-state index < -0.39 is 5.82 Å². The van der Waals surface area contributed by atoms with Gasteiger partial charge in [-0.15, -0.1) is 0 Å². The molecule has 0 aliphatic heterocycles. The molecule has 0 aliphatic rings. The average molecular weight is 287 g/mol. The summed E-state index contributed by atoms with van der Waals surface area (Å²) in [4.78, 5) is 4.45. The number of hydrogen-bond acceptors (Lipinski definition) is 2. The van der Waals surface area contributed by atoms with Crippen LogP contribution >= 0.6 is 0 Å². The predicted molar refractivity (Wildman–Crippen MR) is 79.8 cm³/mol. The van der Waals surface area contributed by atoms with Gasteiger partial charge in [0.25, 0.3) is 0 Å². The van der Waals surface area contributed by atoms with Gasteiger partial charge in [0.15, 0.2) is 0 Å². The van der Waals surface area contributed by atoms with Crippen LogP contribution in [-0.2, 0) is 6.54 Å². The lowest BCUT2D eigenvalue weighted by Crippen LogP contribution is -2.01. The minimum absolute atomic E-state index is 0.330. The van der Waals surface area contributed by atoms with Crippen LogP contribution < -0.4 is 5.73 Å². The van der Waals surface area contributed by atoms with Crippen LogP contribution in [0.2, 0.25) is 0 Å². The summed E-state index contributed by atoms with van der Waals surface area (Å²) in [6.45, 7) is 2.65. The summed E-state index contributed by atoms with van der Waals surface area (Å²) in [5, 5.41) is 0. The van der Waals surface area contributed by atoms with Crippen LogP contribution in [0.15, 0.2) is 36.4 Å². The zero-order valence-corrected chi connectivity index (χ0v) is 11.6. The molecular formula is C16H15F2N3. The fraction of sp³-hybridized carbons (Fsp3) is 0.188. The van der Waals surface area contributed by atoms with E-state index in [0.29, 0.717) is 34.7 Å². The number of halogens is 2. The van der Waals surface area contributed by atoms with Crippen molar-refractivity contribution in [2.75, 3.05) is 5.73 Å². The Balaban J connectivity index is 2.28. The maximum Gasteiger partial charge on any atom is 0.144 e. The molecule has 21 heavy (non-hydrogen) atoms. The summed E-state index contributed by atoms with van der Waals surface area (Å²) < 4.78 is 29.5. The monoisotopic (exact) mass is 287 g/mol. The Kier molecular flexibility index (Phi) is 3.33. The fourth-order valence-electron chi connectivity index (χ4n) is 2.46. The molecule has 0 bridgehead atoms. The van der Waals surface area contributed by atoms with Gasteiger partial charge in [-0.1, -0.05) is 6.92 Å². The Morgan fingerprint density at radius 3 is 2.67 bits per heavy atom. The summed E-state index contributed by atoms with van der Waals surface area (Å²) in [7, 11) is 0. The molecule has 0 atom stereocenters. The number of hydrogen-bond donors (Lipinski definition) is 1.